The Labute approximate surface area is 89.7 Å². The van der Waals surface area contributed by atoms with E-state index in [1.165, 1.54) is 0 Å². The monoisotopic (exact) mass is 216 g/mol. The van der Waals surface area contributed by atoms with Gasteiger partial charge in [-0.05, 0) is 12.8 Å². The molecule has 0 aliphatic heterocycles. The molecule has 0 radical (unpaired) electrons. The third-order valence-corrected chi connectivity index (χ3v) is 2.08. The molecule has 0 aromatic rings. The number of primary amides is 1. The largest absolute Gasteiger partial charge is 0.352 e. The third-order valence-electron chi connectivity index (χ3n) is 2.08. The van der Waals surface area contributed by atoms with Gasteiger partial charge in [0.25, 0.3) is 0 Å². The number of rotatable bonds is 7. The van der Waals surface area contributed by atoms with Crippen LogP contribution < -0.4 is 22.3 Å². The number of nitrogens with two attached hydrogens (primary N) is 2. The fourth-order valence-corrected chi connectivity index (χ4v) is 1.23. The molecular weight excluding hydrogens is 196 g/mol. The lowest BCUT2D eigenvalue weighted by molar-refractivity contribution is -0.124. The second kappa shape index (κ2) is 7.19. The normalized spacial score (nSPS) is 12.5. The highest BCUT2D eigenvalue weighted by atomic mass is 16.2. The second-order valence-corrected chi connectivity index (χ2v) is 3.71. The van der Waals surface area contributed by atoms with E-state index < -0.39 is 6.03 Å². The standard InChI is InChI=1S/C9H20N4O2/c1-6(2)8(14)7(13-11)4-3-5-12-9(10)15/h6-7,13H,3-5,11H2,1-2H3,(H3,10,12,15). The molecule has 1 unspecified atom stereocenters. The molecule has 0 fully saturated rings. The van der Waals surface area contributed by atoms with Gasteiger partial charge >= 0.3 is 6.03 Å². The Morgan fingerprint density at radius 1 is 1.33 bits per heavy atom. The van der Waals surface area contributed by atoms with Crippen LogP contribution in [0.15, 0.2) is 0 Å². The van der Waals surface area contributed by atoms with Gasteiger partial charge in [0.2, 0.25) is 0 Å². The van der Waals surface area contributed by atoms with Gasteiger partial charge in [-0.1, -0.05) is 13.8 Å². The number of carbonyl (C=O) groups is 2. The summed E-state index contributed by atoms with van der Waals surface area (Å²) in [6.07, 6.45) is 1.25. The van der Waals surface area contributed by atoms with Crippen molar-refractivity contribution < 1.29 is 9.59 Å². The molecule has 6 nitrogen and oxygen atoms in total. The minimum atomic E-state index is -0.553. The Morgan fingerprint density at radius 2 is 1.93 bits per heavy atom. The molecule has 15 heavy (non-hydrogen) atoms. The lowest BCUT2D eigenvalue weighted by Crippen LogP contribution is -2.43. The zero-order valence-corrected chi connectivity index (χ0v) is 9.25. The van der Waals surface area contributed by atoms with E-state index in [1.807, 2.05) is 13.8 Å². The molecule has 0 bridgehead atoms. The summed E-state index contributed by atoms with van der Waals surface area (Å²) in [6.45, 7) is 4.11. The predicted octanol–water partition coefficient (Wildman–Crippen LogP) is -0.508. The van der Waals surface area contributed by atoms with Crippen molar-refractivity contribution in [1.82, 2.24) is 10.7 Å². The van der Waals surface area contributed by atoms with Crippen LogP contribution in [0.4, 0.5) is 4.79 Å². The van der Waals surface area contributed by atoms with Gasteiger partial charge in [-0.25, -0.2) is 10.2 Å². The summed E-state index contributed by atoms with van der Waals surface area (Å²) < 4.78 is 0. The number of ketones is 1. The quantitative estimate of drug-likeness (QED) is 0.261. The predicted molar refractivity (Wildman–Crippen MR) is 57.8 cm³/mol. The van der Waals surface area contributed by atoms with Crippen molar-refractivity contribution in [1.29, 1.82) is 0 Å². The smallest absolute Gasteiger partial charge is 0.312 e. The first kappa shape index (κ1) is 13.9. The fourth-order valence-electron chi connectivity index (χ4n) is 1.23. The van der Waals surface area contributed by atoms with Crippen molar-refractivity contribution in [3.05, 3.63) is 0 Å². The number of amides is 2. The summed E-state index contributed by atoms with van der Waals surface area (Å²) in [5, 5.41) is 2.45. The summed E-state index contributed by atoms with van der Waals surface area (Å²) in [7, 11) is 0. The van der Waals surface area contributed by atoms with Crippen LogP contribution in [0.3, 0.4) is 0 Å². The van der Waals surface area contributed by atoms with Gasteiger partial charge in [-0.15, -0.1) is 0 Å². The number of carbonyl (C=O) groups excluding carboxylic acids is 2. The molecule has 0 saturated carbocycles. The Hall–Kier alpha value is -1.14. The summed E-state index contributed by atoms with van der Waals surface area (Å²) in [4.78, 5) is 21.9. The minimum absolute atomic E-state index is 0.0462. The van der Waals surface area contributed by atoms with Gasteiger partial charge in [0.15, 0.2) is 5.78 Å². The van der Waals surface area contributed by atoms with Gasteiger partial charge in [0.05, 0.1) is 6.04 Å². The van der Waals surface area contributed by atoms with E-state index in [2.05, 4.69) is 10.7 Å². The molecule has 0 aromatic carbocycles. The number of nitrogens with one attached hydrogen (secondary N) is 2. The summed E-state index contributed by atoms with van der Waals surface area (Å²) >= 11 is 0. The van der Waals surface area contributed by atoms with Gasteiger partial charge in [-0.3, -0.25) is 10.6 Å². The van der Waals surface area contributed by atoms with E-state index in [4.69, 9.17) is 11.6 Å². The zero-order chi connectivity index (χ0) is 11.8. The van der Waals surface area contributed by atoms with Crippen molar-refractivity contribution in [2.75, 3.05) is 6.54 Å². The van der Waals surface area contributed by atoms with Gasteiger partial charge in [-0.2, -0.15) is 0 Å². The zero-order valence-electron chi connectivity index (χ0n) is 9.25. The Morgan fingerprint density at radius 3 is 2.33 bits per heavy atom. The summed E-state index contributed by atoms with van der Waals surface area (Å²) in [6, 6.07) is -0.901. The molecular formula is C9H20N4O2. The van der Waals surface area contributed by atoms with Crippen molar-refractivity contribution in [3.8, 4) is 0 Å². The van der Waals surface area contributed by atoms with Crippen molar-refractivity contribution in [2.24, 2.45) is 17.5 Å². The average Bonchev–Trinajstić information content (AvgIpc) is 2.16. The molecule has 0 heterocycles. The topological polar surface area (TPSA) is 110 Å². The maximum absolute atomic E-state index is 11.5. The van der Waals surface area contributed by atoms with Crippen LogP contribution in [0.1, 0.15) is 26.7 Å². The van der Waals surface area contributed by atoms with Crippen LogP contribution in [0.5, 0.6) is 0 Å². The van der Waals surface area contributed by atoms with Crippen molar-refractivity contribution >= 4 is 11.8 Å². The average molecular weight is 216 g/mol. The van der Waals surface area contributed by atoms with E-state index in [-0.39, 0.29) is 17.7 Å². The Balaban J connectivity index is 3.80. The van der Waals surface area contributed by atoms with Crippen LogP contribution in [-0.4, -0.2) is 24.4 Å². The molecule has 6 N–H and O–H groups in total. The summed E-state index contributed by atoms with van der Waals surface area (Å²) in [5.74, 6) is 5.30. The first-order chi connectivity index (χ1) is 6.99. The highest BCUT2D eigenvalue weighted by Crippen LogP contribution is 2.04. The molecule has 0 spiro atoms. The molecule has 0 aromatic heterocycles. The number of hydrazine groups is 1. The minimum Gasteiger partial charge on any atom is -0.352 e. The molecule has 0 saturated heterocycles. The second-order valence-electron chi connectivity index (χ2n) is 3.71. The van der Waals surface area contributed by atoms with Crippen molar-refractivity contribution in [3.63, 3.8) is 0 Å². The maximum atomic E-state index is 11.5. The molecule has 0 aliphatic carbocycles. The Bertz CT molecular complexity index is 218. The molecule has 0 rings (SSSR count). The molecule has 2 amide bonds. The van der Waals surface area contributed by atoms with Crippen LogP contribution in [-0.2, 0) is 4.79 Å². The lowest BCUT2D eigenvalue weighted by Gasteiger charge is -2.16. The first-order valence-electron chi connectivity index (χ1n) is 5.02. The highest BCUT2D eigenvalue weighted by Gasteiger charge is 2.18. The van der Waals surface area contributed by atoms with Crippen molar-refractivity contribution in [2.45, 2.75) is 32.7 Å². The van der Waals surface area contributed by atoms with Gasteiger partial charge < -0.3 is 11.1 Å². The van der Waals surface area contributed by atoms with Crippen LogP contribution in [0.25, 0.3) is 0 Å². The van der Waals surface area contributed by atoms with E-state index in [9.17, 15) is 9.59 Å². The number of hydrogen-bond acceptors (Lipinski definition) is 4. The molecule has 88 valence electrons. The molecule has 6 heteroatoms. The number of Topliss-reactive ketones (excluding diaryl/α,β-unsaturated/α-hetero) is 1. The van der Waals surface area contributed by atoms with Gasteiger partial charge in [0.1, 0.15) is 0 Å². The SMILES string of the molecule is CC(C)C(=O)C(CCCNC(N)=O)NN. The van der Waals surface area contributed by atoms with Crippen LogP contribution >= 0.6 is 0 Å². The number of hydrogen-bond donors (Lipinski definition) is 4. The van der Waals surface area contributed by atoms with Crippen LogP contribution in [0, 0.1) is 5.92 Å². The van der Waals surface area contributed by atoms with E-state index in [0.29, 0.717) is 19.4 Å². The lowest BCUT2D eigenvalue weighted by atomic mass is 9.98. The molecule has 1 atom stereocenters. The Kier molecular flexibility index (Phi) is 6.64. The highest BCUT2D eigenvalue weighted by molar-refractivity contribution is 5.85. The maximum Gasteiger partial charge on any atom is 0.312 e. The van der Waals surface area contributed by atoms with E-state index in [1.54, 1.807) is 0 Å². The van der Waals surface area contributed by atoms with Gasteiger partial charge in [0, 0.05) is 12.5 Å². The fraction of sp³-hybridized carbons (Fsp3) is 0.778. The third kappa shape index (κ3) is 6.03. The van der Waals surface area contributed by atoms with E-state index >= 15 is 0 Å². The molecule has 0 aliphatic rings. The van der Waals surface area contributed by atoms with Crippen LogP contribution in [0.2, 0.25) is 0 Å². The number of urea groups is 1. The first-order valence-corrected chi connectivity index (χ1v) is 5.02. The summed E-state index contributed by atoms with van der Waals surface area (Å²) in [5.41, 5.74) is 7.37. The van der Waals surface area contributed by atoms with E-state index in [0.717, 1.165) is 0 Å².